The average Bonchev–Trinajstić information content (AvgIpc) is 3.31. The minimum absolute atomic E-state index is 0.191. The summed E-state index contributed by atoms with van der Waals surface area (Å²) in [5.41, 5.74) is -0.488. The van der Waals surface area contributed by atoms with Gasteiger partial charge in [0.1, 0.15) is 0 Å². The molecule has 0 unspecified atom stereocenters. The van der Waals surface area contributed by atoms with Gasteiger partial charge >= 0.3 is 6.18 Å². The summed E-state index contributed by atoms with van der Waals surface area (Å²) in [6, 6.07) is 6.96. The molecular formula is C22H17ClF3N3O4S. The number of alkyl halides is 3. The highest BCUT2D eigenvalue weighted by atomic mass is 35.5. The molecule has 4 aromatic rings. The first-order valence-corrected chi connectivity index (χ1v) is 10.9. The van der Waals surface area contributed by atoms with E-state index in [0.29, 0.717) is 28.0 Å². The van der Waals surface area contributed by atoms with Crippen molar-refractivity contribution in [3.05, 3.63) is 72.8 Å². The molecule has 178 valence electrons. The van der Waals surface area contributed by atoms with Gasteiger partial charge in [-0.3, -0.25) is 4.79 Å². The molecule has 0 fully saturated rings. The van der Waals surface area contributed by atoms with Gasteiger partial charge in [0.25, 0.3) is 5.56 Å². The summed E-state index contributed by atoms with van der Waals surface area (Å²) in [6.45, 7) is 0. The maximum Gasteiger partial charge on any atom is 0.417 e. The van der Waals surface area contributed by atoms with Gasteiger partial charge in [-0.05, 0) is 41.5 Å². The van der Waals surface area contributed by atoms with E-state index in [1.165, 1.54) is 33.5 Å². The predicted octanol–water partition coefficient (Wildman–Crippen LogP) is 3.99. The van der Waals surface area contributed by atoms with Gasteiger partial charge in [0.15, 0.2) is 17.3 Å². The Balaban J connectivity index is 1.68. The lowest BCUT2D eigenvalue weighted by Gasteiger charge is -2.13. The number of aromatic nitrogens is 3. The highest BCUT2D eigenvalue weighted by molar-refractivity contribution is 7.15. The van der Waals surface area contributed by atoms with Crippen LogP contribution in [0.25, 0.3) is 11.0 Å². The molecule has 0 aliphatic rings. The lowest BCUT2D eigenvalue weighted by atomic mass is 10.1. The molecule has 0 bridgehead atoms. The molecular weight excluding hydrogens is 495 g/mol. The van der Waals surface area contributed by atoms with Crippen LogP contribution in [0.5, 0.6) is 17.2 Å². The van der Waals surface area contributed by atoms with Crippen LogP contribution in [0.4, 0.5) is 13.2 Å². The Morgan fingerprint density at radius 1 is 1.09 bits per heavy atom. The number of nitrogens with zero attached hydrogens (tertiary/aromatic N) is 3. The van der Waals surface area contributed by atoms with Crippen LogP contribution in [0.2, 0.25) is 5.02 Å². The van der Waals surface area contributed by atoms with Crippen molar-refractivity contribution in [2.45, 2.75) is 12.6 Å². The fourth-order valence-corrected chi connectivity index (χ4v) is 4.52. The standard InChI is InChI=1S/C22H17ClF3N3O4S/c1-31-15-7-12(8-16(32-2)19(15)33-3)10-18-27-21-29(28-18)20(30)17(34-21)9-11-4-5-14(23)13(6-11)22(24,25)26/h4-9H,10H2,1-3H3/b17-9-. The second-order valence-electron chi connectivity index (χ2n) is 7.09. The van der Waals surface area contributed by atoms with Gasteiger partial charge in [-0.2, -0.15) is 17.7 Å². The molecule has 0 saturated carbocycles. The molecule has 2 aromatic heterocycles. The van der Waals surface area contributed by atoms with E-state index in [2.05, 4.69) is 10.1 Å². The van der Waals surface area contributed by atoms with Crippen molar-refractivity contribution >= 4 is 34.0 Å². The van der Waals surface area contributed by atoms with E-state index in [1.54, 1.807) is 12.1 Å². The van der Waals surface area contributed by atoms with Crippen molar-refractivity contribution in [3.63, 3.8) is 0 Å². The van der Waals surface area contributed by atoms with E-state index < -0.39 is 22.3 Å². The maximum atomic E-state index is 13.1. The number of hydrogen-bond donors (Lipinski definition) is 0. The van der Waals surface area contributed by atoms with Gasteiger partial charge in [0.2, 0.25) is 10.7 Å². The average molecular weight is 512 g/mol. The Labute approximate surface area is 200 Å². The summed E-state index contributed by atoms with van der Waals surface area (Å²) in [5, 5.41) is 3.85. The van der Waals surface area contributed by atoms with Crippen molar-refractivity contribution in [2.75, 3.05) is 21.3 Å². The molecule has 2 heterocycles. The summed E-state index contributed by atoms with van der Waals surface area (Å²) in [5.74, 6) is 1.78. The topological polar surface area (TPSA) is 75.0 Å². The first kappa shape index (κ1) is 23.8. The predicted molar refractivity (Wildman–Crippen MR) is 121 cm³/mol. The molecule has 4 rings (SSSR count). The molecule has 34 heavy (non-hydrogen) atoms. The van der Waals surface area contributed by atoms with Crippen LogP contribution in [0.1, 0.15) is 22.5 Å². The van der Waals surface area contributed by atoms with Crippen LogP contribution < -0.4 is 24.3 Å². The molecule has 0 N–H and O–H groups in total. The maximum absolute atomic E-state index is 13.1. The zero-order valence-electron chi connectivity index (χ0n) is 18.1. The lowest BCUT2D eigenvalue weighted by Crippen LogP contribution is -2.24. The first-order valence-electron chi connectivity index (χ1n) is 9.70. The van der Waals surface area contributed by atoms with Crippen LogP contribution in [-0.4, -0.2) is 35.9 Å². The highest BCUT2D eigenvalue weighted by Gasteiger charge is 2.33. The van der Waals surface area contributed by atoms with Crippen LogP contribution in [0.3, 0.4) is 0 Å². The summed E-state index contributed by atoms with van der Waals surface area (Å²) < 4.78 is 56.7. The molecule has 12 heteroatoms. The molecule has 7 nitrogen and oxygen atoms in total. The van der Waals surface area contributed by atoms with Crippen LogP contribution in [-0.2, 0) is 12.6 Å². The fourth-order valence-electron chi connectivity index (χ4n) is 3.37. The number of hydrogen-bond acceptors (Lipinski definition) is 7. The molecule has 0 aliphatic carbocycles. The Kier molecular flexibility index (Phi) is 6.41. The third-order valence-electron chi connectivity index (χ3n) is 4.91. The number of fused-ring (bicyclic) bond motifs is 1. The SMILES string of the molecule is COc1cc(Cc2nc3s/c(=C\c4ccc(Cl)c(C(F)(F)F)c4)c(=O)n3n2)cc(OC)c1OC. The molecule has 2 aromatic carbocycles. The Morgan fingerprint density at radius 2 is 1.76 bits per heavy atom. The third-order valence-corrected chi connectivity index (χ3v) is 6.19. The third kappa shape index (κ3) is 4.53. The zero-order chi connectivity index (χ0) is 24.6. The number of methoxy groups -OCH3 is 3. The van der Waals surface area contributed by atoms with Crippen molar-refractivity contribution in [2.24, 2.45) is 0 Å². The van der Waals surface area contributed by atoms with Gasteiger partial charge in [-0.1, -0.05) is 29.0 Å². The van der Waals surface area contributed by atoms with Gasteiger partial charge in [0.05, 0.1) is 36.4 Å². The van der Waals surface area contributed by atoms with E-state index in [0.717, 1.165) is 33.5 Å². The van der Waals surface area contributed by atoms with Crippen molar-refractivity contribution in [1.82, 2.24) is 14.6 Å². The summed E-state index contributed by atoms with van der Waals surface area (Å²) in [6.07, 6.45) is -2.96. The van der Waals surface area contributed by atoms with Crippen molar-refractivity contribution in [1.29, 1.82) is 0 Å². The van der Waals surface area contributed by atoms with Crippen molar-refractivity contribution in [3.8, 4) is 17.2 Å². The number of benzene rings is 2. The van der Waals surface area contributed by atoms with E-state index in [4.69, 9.17) is 25.8 Å². The number of halogens is 4. The molecule has 0 amide bonds. The van der Waals surface area contributed by atoms with Crippen LogP contribution >= 0.6 is 22.9 Å². The van der Waals surface area contributed by atoms with E-state index >= 15 is 0 Å². The Hall–Kier alpha value is -3.31. The Morgan fingerprint density at radius 3 is 2.32 bits per heavy atom. The lowest BCUT2D eigenvalue weighted by molar-refractivity contribution is -0.137. The van der Waals surface area contributed by atoms with Crippen molar-refractivity contribution < 1.29 is 27.4 Å². The molecule has 0 atom stereocenters. The largest absolute Gasteiger partial charge is 0.493 e. The van der Waals surface area contributed by atoms with E-state index in [1.807, 2.05) is 0 Å². The second-order valence-corrected chi connectivity index (χ2v) is 8.50. The molecule has 0 radical (unpaired) electrons. The zero-order valence-corrected chi connectivity index (χ0v) is 19.6. The van der Waals surface area contributed by atoms with Gasteiger partial charge in [-0.25, -0.2) is 4.98 Å². The van der Waals surface area contributed by atoms with Gasteiger partial charge in [-0.15, -0.1) is 5.10 Å². The molecule has 0 saturated heterocycles. The monoisotopic (exact) mass is 511 g/mol. The Bertz CT molecular complexity index is 1460. The van der Waals surface area contributed by atoms with Crippen LogP contribution in [0.15, 0.2) is 35.1 Å². The first-order chi connectivity index (χ1) is 16.1. The summed E-state index contributed by atoms with van der Waals surface area (Å²) in [4.78, 5) is 17.5. The summed E-state index contributed by atoms with van der Waals surface area (Å²) in [7, 11) is 4.52. The smallest absolute Gasteiger partial charge is 0.417 e. The normalized spacial score (nSPS) is 12.4. The van der Waals surface area contributed by atoms with Gasteiger partial charge < -0.3 is 14.2 Å². The number of rotatable bonds is 6. The highest BCUT2D eigenvalue weighted by Crippen LogP contribution is 2.38. The number of ether oxygens (including phenoxy) is 3. The van der Waals surface area contributed by atoms with Crippen LogP contribution in [0, 0.1) is 0 Å². The fraction of sp³-hybridized carbons (Fsp3) is 0.227. The summed E-state index contributed by atoms with van der Waals surface area (Å²) >= 11 is 6.69. The minimum atomic E-state index is -4.60. The van der Waals surface area contributed by atoms with E-state index in [9.17, 15) is 18.0 Å². The minimum Gasteiger partial charge on any atom is -0.493 e. The molecule has 0 aliphatic heterocycles. The number of thiazole rings is 1. The second kappa shape index (κ2) is 9.15. The molecule has 0 spiro atoms. The quantitative estimate of drug-likeness (QED) is 0.390. The van der Waals surface area contributed by atoms with Gasteiger partial charge in [0, 0.05) is 6.42 Å². The van der Waals surface area contributed by atoms with E-state index in [-0.39, 0.29) is 16.5 Å².